The second-order valence-corrected chi connectivity index (χ2v) is 6.22. The second-order valence-electron chi connectivity index (χ2n) is 5.82. The Bertz CT molecular complexity index is 977. The first-order chi connectivity index (χ1) is 13.0. The predicted octanol–water partition coefficient (Wildman–Crippen LogP) is 5.19. The van der Waals surface area contributed by atoms with Gasteiger partial charge in [-0.3, -0.25) is 4.79 Å². The average molecular weight is 386 g/mol. The fraction of sp³-hybridized carbons (Fsp3) is 0.100. The molecule has 0 atom stereocenters. The molecule has 0 aliphatic rings. The number of anilines is 3. The minimum Gasteiger partial charge on any atom is -0.495 e. The molecule has 3 aromatic rings. The number of methoxy groups -OCH3 is 1. The molecule has 3 rings (SSSR count). The molecule has 138 valence electrons. The zero-order valence-corrected chi connectivity index (χ0v) is 15.5. The number of carbonyl (C=O) groups excluding carboxylic acids is 1. The smallest absolute Gasteiger partial charge is 0.255 e. The molecule has 0 unspecified atom stereocenters. The minimum atomic E-state index is -0.325. The molecule has 1 heterocycles. The summed E-state index contributed by atoms with van der Waals surface area (Å²) < 4.78 is 18.3. The number of amides is 1. The highest BCUT2D eigenvalue weighted by Crippen LogP contribution is 2.31. The molecule has 1 amide bonds. The number of carbonyl (C=O) groups is 1. The minimum absolute atomic E-state index is 0.320. The van der Waals surface area contributed by atoms with Crippen LogP contribution in [-0.4, -0.2) is 18.0 Å². The number of benzene rings is 2. The van der Waals surface area contributed by atoms with Crippen molar-refractivity contribution in [1.29, 1.82) is 0 Å². The molecule has 0 radical (unpaired) electrons. The standard InChI is InChI=1S/C20H17ClFN3O2/c1-12-9-17(18(27-2)11-16(12)21)25-20(26)13-7-8-23-19(10-13)24-15-5-3-14(22)4-6-15/h3-11H,1-2H3,(H,23,24)(H,25,26). The monoisotopic (exact) mass is 385 g/mol. The maximum Gasteiger partial charge on any atom is 0.255 e. The van der Waals surface area contributed by atoms with E-state index in [9.17, 15) is 9.18 Å². The van der Waals surface area contributed by atoms with Gasteiger partial charge in [-0.15, -0.1) is 0 Å². The number of nitrogens with zero attached hydrogens (tertiary/aromatic N) is 1. The highest BCUT2D eigenvalue weighted by molar-refractivity contribution is 6.31. The molecule has 0 saturated carbocycles. The molecule has 0 saturated heterocycles. The normalized spacial score (nSPS) is 10.4. The highest BCUT2D eigenvalue weighted by Gasteiger charge is 2.13. The molecule has 0 bridgehead atoms. The van der Waals surface area contributed by atoms with Gasteiger partial charge in [-0.25, -0.2) is 9.37 Å². The summed E-state index contributed by atoms with van der Waals surface area (Å²) in [4.78, 5) is 16.8. The molecule has 5 nitrogen and oxygen atoms in total. The van der Waals surface area contributed by atoms with Crippen LogP contribution >= 0.6 is 11.6 Å². The van der Waals surface area contributed by atoms with E-state index in [-0.39, 0.29) is 11.7 Å². The lowest BCUT2D eigenvalue weighted by Gasteiger charge is -2.13. The van der Waals surface area contributed by atoms with Crippen molar-refractivity contribution < 1.29 is 13.9 Å². The van der Waals surface area contributed by atoms with Gasteiger partial charge in [0.2, 0.25) is 0 Å². The third kappa shape index (κ3) is 4.54. The van der Waals surface area contributed by atoms with Crippen LogP contribution in [0.25, 0.3) is 0 Å². The quantitative estimate of drug-likeness (QED) is 0.634. The Kier molecular flexibility index (Phi) is 5.57. The van der Waals surface area contributed by atoms with Gasteiger partial charge in [-0.05, 0) is 55.0 Å². The van der Waals surface area contributed by atoms with Gasteiger partial charge in [0.05, 0.1) is 12.8 Å². The summed E-state index contributed by atoms with van der Waals surface area (Å²) in [6.45, 7) is 1.84. The van der Waals surface area contributed by atoms with Gasteiger partial charge < -0.3 is 15.4 Å². The predicted molar refractivity (Wildman–Crippen MR) is 105 cm³/mol. The van der Waals surface area contributed by atoms with Gasteiger partial charge in [-0.1, -0.05) is 11.6 Å². The van der Waals surface area contributed by atoms with Crippen LogP contribution in [0.2, 0.25) is 5.02 Å². The van der Waals surface area contributed by atoms with Crippen molar-refractivity contribution in [2.24, 2.45) is 0 Å². The zero-order chi connectivity index (χ0) is 19.4. The Balaban J connectivity index is 1.79. The topological polar surface area (TPSA) is 63.2 Å². The van der Waals surface area contributed by atoms with Crippen LogP contribution in [0.3, 0.4) is 0 Å². The molecule has 0 aliphatic heterocycles. The Morgan fingerprint density at radius 2 is 1.89 bits per heavy atom. The van der Waals surface area contributed by atoms with Gasteiger partial charge in [0.1, 0.15) is 17.4 Å². The number of rotatable bonds is 5. The molecule has 0 fully saturated rings. The maximum atomic E-state index is 13.0. The van der Waals surface area contributed by atoms with Crippen LogP contribution in [0.5, 0.6) is 5.75 Å². The first kappa shape index (κ1) is 18.7. The van der Waals surface area contributed by atoms with E-state index in [1.807, 2.05) is 6.92 Å². The van der Waals surface area contributed by atoms with E-state index in [2.05, 4.69) is 15.6 Å². The summed E-state index contributed by atoms with van der Waals surface area (Å²) in [5, 5.41) is 6.40. The van der Waals surface area contributed by atoms with Crippen molar-refractivity contribution in [3.63, 3.8) is 0 Å². The number of aryl methyl sites for hydroxylation is 1. The van der Waals surface area contributed by atoms with Gasteiger partial charge in [-0.2, -0.15) is 0 Å². The zero-order valence-electron chi connectivity index (χ0n) is 14.7. The van der Waals surface area contributed by atoms with Crippen molar-refractivity contribution >= 4 is 34.7 Å². The van der Waals surface area contributed by atoms with E-state index in [1.165, 1.54) is 25.4 Å². The van der Waals surface area contributed by atoms with E-state index >= 15 is 0 Å². The molecule has 0 spiro atoms. The van der Waals surface area contributed by atoms with Crippen LogP contribution in [-0.2, 0) is 0 Å². The molecular formula is C20H17ClFN3O2. The molecule has 7 heteroatoms. The van der Waals surface area contributed by atoms with E-state index < -0.39 is 0 Å². The number of nitrogens with one attached hydrogen (secondary N) is 2. The summed E-state index contributed by atoms with van der Waals surface area (Å²) in [6, 6.07) is 12.5. The van der Waals surface area contributed by atoms with Crippen molar-refractivity contribution in [3.05, 3.63) is 76.7 Å². The molecule has 27 heavy (non-hydrogen) atoms. The number of halogens is 2. The molecular weight excluding hydrogens is 369 g/mol. The number of ether oxygens (including phenoxy) is 1. The van der Waals surface area contributed by atoms with Crippen molar-refractivity contribution in [1.82, 2.24) is 4.98 Å². The molecule has 0 aliphatic carbocycles. The lowest BCUT2D eigenvalue weighted by atomic mass is 10.2. The van der Waals surface area contributed by atoms with Crippen LogP contribution in [0.1, 0.15) is 15.9 Å². The van der Waals surface area contributed by atoms with Crippen LogP contribution < -0.4 is 15.4 Å². The SMILES string of the molecule is COc1cc(Cl)c(C)cc1NC(=O)c1ccnc(Nc2ccc(F)cc2)c1. The van der Waals surface area contributed by atoms with Crippen LogP contribution in [0, 0.1) is 12.7 Å². The average Bonchev–Trinajstić information content (AvgIpc) is 2.66. The van der Waals surface area contributed by atoms with Crippen molar-refractivity contribution in [2.45, 2.75) is 6.92 Å². The summed E-state index contributed by atoms with van der Waals surface area (Å²) in [7, 11) is 1.51. The van der Waals surface area contributed by atoms with E-state index in [1.54, 1.807) is 36.4 Å². The fourth-order valence-corrected chi connectivity index (χ4v) is 2.60. The largest absolute Gasteiger partial charge is 0.495 e. The van der Waals surface area contributed by atoms with Gasteiger partial charge >= 0.3 is 0 Å². The lowest BCUT2D eigenvalue weighted by molar-refractivity contribution is 0.102. The Hall–Kier alpha value is -3.12. The summed E-state index contributed by atoms with van der Waals surface area (Å²) in [5.74, 6) is 0.291. The second kappa shape index (κ2) is 8.05. The Labute approximate surface area is 161 Å². The highest BCUT2D eigenvalue weighted by atomic mass is 35.5. The fourth-order valence-electron chi connectivity index (χ4n) is 2.45. The first-order valence-electron chi connectivity index (χ1n) is 8.10. The van der Waals surface area contributed by atoms with Gasteiger partial charge in [0.15, 0.2) is 0 Å². The maximum absolute atomic E-state index is 13.0. The van der Waals surface area contributed by atoms with E-state index in [4.69, 9.17) is 16.3 Å². The van der Waals surface area contributed by atoms with Gasteiger partial charge in [0.25, 0.3) is 5.91 Å². The van der Waals surface area contributed by atoms with Crippen LogP contribution in [0.15, 0.2) is 54.7 Å². The van der Waals surface area contributed by atoms with E-state index in [0.717, 1.165) is 5.56 Å². The molecule has 2 N–H and O–H groups in total. The summed E-state index contributed by atoms with van der Waals surface area (Å²) in [6.07, 6.45) is 1.52. The van der Waals surface area contributed by atoms with E-state index in [0.29, 0.717) is 33.5 Å². The number of hydrogen-bond donors (Lipinski definition) is 2. The van der Waals surface area contributed by atoms with Crippen molar-refractivity contribution in [3.8, 4) is 5.75 Å². The first-order valence-corrected chi connectivity index (χ1v) is 8.48. The summed E-state index contributed by atoms with van der Waals surface area (Å²) in [5.41, 5.74) is 2.41. The molecule has 2 aromatic carbocycles. The summed E-state index contributed by atoms with van der Waals surface area (Å²) >= 11 is 6.09. The molecule has 1 aromatic heterocycles. The van der Waals surface area contributed by atoms with Crippen LogP contribution in [0.4, 0.5) is 21.6 Å². The number of aromatic nitrogens is 1. The number of hydrogen-bond acceptors (Lipinski definition) is 4. The lowest BCUT2D eigenvalue weighted by Crippen LogP contribution is -2.13. The van der Waals surface area contributed by atoms with Crippen molar-refractivity contribution in [2.75, 3.05) is 17.7 Å². The number of pyridine rings is 1. The Morgan fingerprint density at radius 3 is 2.59 bits per heavy atom. The van der Waals surface area contributed by atoms with Gasteiger partial charge in [0, 0.05) is 28.5 Å². The Morgan fingerprint density at radius 1 is 1.15 bits per heavy atom. The third-order valence-corrected chi connectivity index (χ3v) is 4.27. The third-order valence-electron chi connectivity index (χ3n) is 3.87.